The molecule has 45 heavy (non-hydrogen) atoms. The quantitative estimate of drug-likeness (QED) is 0.152. The zero-order valence-corrected chi connectivity index (χ0v) is 25.3. The van der Waals surface area contributed by atoms with Crippen molar-refractivity contribution >= 4 is 25.1 Å². The van der Waals surface area contributed by atoms with Crippen LogP contribution in [0, 0.1) is 11.3 Å². The Labute approximate surface area is 258 Å². The highest BCUT2D eigenvalue weighted by molar-refractivity contribution is 7.52. The zero-order chi connectivity index (χ0) is 32.2. The van der Waals surface area contributed by atoms with Crippen LogP contribution in [0.25, 0.3) is 5.52 Å². The molecule has 6 atom stereocenters. The number of aromatic nitrogens is 3. The normalized spacial score (nSPS) is 24.9. The summed E-state index contributed by atoms with van der Waals surface area (Å²) in [7, 11) is -4.48. The Morgan fingerprint density at radius 3 is 2.58 bits per heavy atom. The number of carbonyl (C=O) groups excluding carboxylic acids is 1. The number of rotatable bonds is 12. The second-order valence-corrected chi connectivity index (χ2v) is 12.1. The molecule has 0 saturated carbocycles. The summed E-state index contributed by atoms with van der Waals surface area (Å²) in [6.07, 6.45) is -2.25. The van der Waals surface area contributed by atoms with Gasteiger partial charge in [-0.1, -0.05) is 48.5 Å². The van der Waals surface area contributed by atoms with Crippen molar-refractivity contribution < 1.29 is 37.4 Å². The predicted molar refractivity (Wildman–Crippen MR) is 159 cm³/mol. The number of nitrogens with zero attached hydrogens (tertiary/aromatic N) is 4. The van der Waals surface area contributed by atoms with E-state index in [1.54, 1.807) is 49.4 Å². The fourth-order valence-corrected chi connectivity index (χ4v) is 6.66. The fourth-order valence-electron chi connectivity index (χ4n) is 5.16. The number of anilines is 1. The van der Waals surface area contributed by atoms with Gasteiger partial charge < -0.3 is 24.8 Å². The second-order valence-electron chi connectivity index (χ2n) is 10.5. The second kappa shape index (κ2) is 12.9. The minimum atomic E-state index is -4.48. The molecule has 0 aliphatic carbocycles. The van der Waals surface area contributed by atoms with E-state index in [2.05, 4.69) is 15.2 Å². The van der Waals surface area contributed by atoms with Gasteiger partial charge in [0.15, 0.2) is 11.5 Å². The van der Waals surface area contributed by atoms with E-state index in [9.17, 15) is 19.7 Å². The molecule has 2 aromatic carbocycles. The summed E-state index contributed by atoms with van der Waals surface area (Å²) in [6.45, 7) is 2.01. The highest BCUT2D eigenvalue weighted by Crippen LogP contribution is 2.52. The van der Waals surface area contributed by atoms with Crippen LogP contribution in [0.1, 0.15) is 25.1 Å². The molecule has 3 heterocycles. The molecule has 15 heteroatoms. The molecule has 1 aliphatic rings. The average Bonchev–Trinajstić information content (AvgIpc) is 3.55. The first-order valence-electron chi connectivity index (χ1n) is 14.1. The van der Waals surface area contributed by atoms with Crippen LogP contribution in [0.5, 0.6) is 5.75 Å². The molecule has 2 aromatic heterocycles. The lowest BCUT2D eigenvalue weighted by molar-refractivity contribution is -0.145. The van der Waals surface area contributed by atoms with Crippen LogP contribution in [0.4, 0.5) is 10.2 Å². The lowest BCUT2D eigenvalue weighted by atomic mass is 9.82. The van der Waals surface area contributed by atoms with Crippen molar-refractivity contribution in [1.82, 2.24) is 19.7 Å². The van der Waals surface area contributed by atoms with Crippen LogP contribution >= 0.6 is 7.75 Å². The summed E-state index contributed by atoms with van der Waals surface area (Å²) >= 11 is 0. The SMILES string of the molecule is CCOC(=O)[C@H](Cc1ccccc1)NP(=O)(OC[C@H]1OC(C#N)(c2ccc3c(N)ncnn23)[C@](C)(F)[C@@H]1O)Oc1ccccc1. The van der Waals surface area contributed by atoms with Crippen molar-refractivity contribution in [3.63, 3.8) is 0 Å². The summed E-state index contributed by atoms with van der Waals surface area (Å²) in [4.78, 5) is 16.9. The molecule has 0 bridgehead atoms. The molecule has 1 fully saturated rings. The third kappa shape index (κ3) is 6.26. The number of nitrogens with one attached hydrogen (secondary N) is 1. The molecule has 4 aromatic rings. The van der Waals surface area contributed by atoms with Gasteiger partial charge in [-0.2, -0.15) is 15.4 Å². The number of esters is 1. The zero-order valence-electron chi connectivity index (χ0n) is 24.4. The number of aliphatic hydroxyl groups excluding tert-OH is 1. The molecule has 1 saturated heterocycles. The Kier molecular flexibility index (Phi) is 9.20. The maximum absolute atomic E-state index is 16.5. The molecule has 5 rings (SSSR count). The lowest BCUT2D eigenvalue weighted by Crippen LogP contribution is -2.48. The third-order valence-corrected chi connectivity index (χ3v) is 9.04. The minimum Gasteiger partial charge on any atom is -0.465 e. The van der Waals surface area contributed by atoms with Gasteiger partial charge in [0.25, 0.3) is 0 Å². The number of hydrogen-bond acceptors (Lipinski definition) is 11. The Balaban J connectivity index is 1.44. The molecule has 4 N–H and O–H groups in total. The van der Waals surface area contributed by atoms with Crippen molar-refractivity contribution in [2.45, 2.75) is 49.8 Å². The molecule has 1 aliphatic heterocycles. The van der Waals surface area contributed by atoms with Crippen LogP contribution < -0.4 is 15.3 Å². The number of ether oxygens (including phenoxy) is 2. The summed E-state index contributed by atoms with van der Waals surface area (Å²) in [5.74, 6) is -0.484. The molecule has 2 unspecified atom stereocenters. The van der Waals surface area contributed by atoms with Crippen LogP contribution in [-0.4, -0.2) is 62.8 Å². The molecule has 0 spiro atoms. The molecular weight excluding hydrogens is 606 g/mol. The Morgan fingerprint density at radius 2 is 1.91 bits per heavy atom. The fraction of sp³-hybridized carbons (Fsp3) is 0.333. The van der Waals surface area contributed by atoms with Gasteiger partial charge in [-0.25, -0.2) is 18.5 Å². The van der Waals surface area contributed by atoms with E-state index >= 15 is 4.39 Å². The van der Waals surface area contributed by atoms with Crippen LogP contribution in [0.2, 0.25) is 0 Å². The number of alkyl halides is 1. The lowest BCUT2D eigenvalue weighted by Gasteiger charge is -2.30. The maximum atomic E-state index is 16.5. The van der Waals surface area contributed by atoms with Gasteiger partial charge in [-0.15, -0.1) is 0 Å². The van der Waals surface area contributed by atoms with Crippen molar-refractivity contribution in [1.29, 1.82) is 5.26 Å². The Morgan fingerprint density at radius 1 is 1.22 bits per heavy atom. The standard InChI is InChI=1S/C30H32FN6O7P/c1-3-41-28(39)22(16-20-10-6-4-7-11-20)36-45(40,44-21-12-8-5-9-13-21)42-17-24-26(38)29(2,31)30(18-32,43-24)25-15-14-23-27(33)34-19-35-37(23)25/h4-15,19,22,24,26,38H,3,16-17H2,1-2H3,(H,36,40)(H2,33,34,35)/t22-,24+,26+,29+,30?,45?/m0/s1. The maximum Gasteiger partial charge on any atom is 0.459 e. The van der Waals surface area contributed by atoms with E-state index < -0.39 is 49.8 Å². The predicted octanol–water partition coefficient (Wildman–Crippen LogP) is 3.49. The molecule has 236 valence electrons. The van der Waals surface area contributed by atoms with Crippen LogP contribution in [-0.2, 0) is 35.4 Å². The molecule has 0 radical (unpaired) electrons. The summed E-state index contributed by atoms with van der Waals surface area (Å²) in [6, 6.07) is 20.6. The minimum absolute atomic E-state index is 0.0484. The van der Waals surface area contributed by atoms with Crippen molar-refractivity contribution in [3.8, 4) is 11.8 Å². The number of nitrogen functional groups attached to an aromatic ring is 1. The van der Waals surface area contributed by atoms with Gasteiger partial charge in [-0.3, -0.25) is 9.32 Å². The average molecular weight is 639 g/mol. The highest BCUT2D eigenvalue weighted by Gasteiger charge is 2.67. The van der Waals surface area contributed by atoms with E-state index in [-0.39, 0.29) is 30.3 Å². The smallest absolute Gasteiger partial charge is 0.459 e. The van der Waals surface area contributed by atoms with E-state index in [0.717, 1.165) is 18.8 Å². The number of nitrogens with two attached hydrogens (primary N) is 1. The monoisotopic (exact) mass is 638 g/mol. The summed E-state index contributed by atoms with van der Waals surface area (Å²) < 4.78 is 54.6. The Hall–Kier alpha value is -4.38. The number of carbonyl (C=O) groups is 1. The number of para-hydroxylation sites is 1. The first-order chi connectivity index (χ1) is 21.5. The van der Waals surface area contributed by atoms with Crippen molar-refractivity contribution in [3.05, 3.63) is 90.4 Å². The number of benzene rings is 2. The van der Waals surface area contributed by atoms with Gasteiger partial charge >= 0.3 is 13.7 Å². The number of fused-ring (bicyclic) bond motifs is 1. The first-order valence-corrected chi connectivity index (χ1v) is 15.6. The number of hydrogen-bond donors (Lipinski definition) is 3. The van der Waals surface area contributed by atoms with Gasteiger partial charge in [0.05, 0.1) is 18.9 Å². The van der Waals surface area contributed by atoms with Crippen molar-refractivity contribution in [2.24, 2.45) is 0 Å². The van der Waals surface area contributed by atoms with E-state index in [4.69, 9.17) is 24.3 Å². The number of halogens is 1. The first kappa shape index (κ1) is 32.0. The highest BCUT2D eigenvalue weighted by atomic mass is 31.2. The number of aliphatic hydroxyl groups is 1. The third-order valence-electron chi connectivity index (χ3n) is 7.47. The van der Waals surface area contributed by atoms with Crippen LogP contribution in [0.3, 0.4) is 0 Å². The molecule has 0 amide bonds. The van der Waals surface area contributed by atoms with Gasteiger partial charge in [-0.05, 0) is 50.1 Å². The topological polar surface area (TPSA) is 183 Å². The van der Waals surface area contributed by atoms with Crippen LogP contribution in [0.15, 0.2) is 79.1 Å². The molecule has 13 nitrogen and oxygen atoms in total. The van der Waals surface area contributed by atoms with Gasteiger partial charge in [0, 0.05) is 0 Å². The van der Waals surface area contributed by atoms with E-state index in [1.165, 1.54) is 28.8 Å². The summed E-state index contributed by atoms with van der Waals surface area (Å²) in [5.41, 5.74) is 1.81. The largest absolute Gasteiger partial charge is 0.465 e. The Bertz CT molecular complexity index is 1740. The van der Waals surface area contributed by atoms with Gasteiger partial charge in [0.2, 0.25) is 5.60 Å². The van der Waals surface area contributed by atoms with E-state index in [1.807, 2.05) is 12.1 Å². The van der Waals surface area contributed by atoms with Crippen molar-refractivity contribution in [2.75, 3.05) is 18.9 Å². The number of nitriles is 1. The summed E-state index contributed by atoms with van der Waals surface area (Å²) in [5, 5.41) is 28.1. The van der Waals surface area contributed by atoms with E-state index in [0.29, 0.717) is 5.52 Å². The van der Waals surface area contributed by atoms with Gasteiger partial charge in [0.1, 0.15) is 41.9 Å². The molecular formula is C30H32FN6O7P.